The van der Waals surface area contributed by atoms with Crippen LogP contribution in [-0.2, 0) is 11.3 Å². The van der Waals surface area contributed by atoms with Gasteiger partial charge in [0.15, 0.2) is 0 Å². The fourth-order valence-electron chi connectivity index (χ4n) is 3.36. The maximum Gasteiger partial charge on any atom is 0.303 e. The van der Waals surface area contributed by atoms with Gasteiger partial charge in [0.2, 0.25) is 0 Å². The zero-order valence-electron chi connectivity index (χ0n) is 14.2. The SMILES string of the molecule is O=C(O)CCC1CCCCN1C(=O)c1ccc(Cn2cccn2)cc1. The molecule has 1 aromatic carbocycles. The first-order valence-electron chi connectivity index (χ1n) is 8.72. The molecule has 25 heavy (non-hydrogen) atoms. The van der Waals surface area contributed by atoms with Crippen LogP contribution in [0.1, 0.15) is 48.0 Å². The molecule has 1 unspecified atom stereocenters. The number of nitrogens with zero attached hydrogens (tertiary/aromatic N) is 3. The standard InChI is InChI=1S/C19H23N3O3/c23-18(24)10-9-17-4-1-2-13-22(17)19(25)16-7-5-15(6-8-16)14-21-12-3-11-20-21/h3,5-8,11-12,17H,1-2,4,9-10,13-14H2,(H,23,24). The number of carboxylic acids is 1. The molecule has 1 amide bonds. The van der Waals surface area contributed by atoms with Crippen molar-refractivity contribution in [2.24, 2.45) is 0 Å². The smallest absolute Gasteiger partial charge is 0.303 e. The van der Waals surface area contributed by atoms with Gasteiger partial charge in [0.25, 0.3) is 5.91 Å². The Morgan fingerprint density at radius 3 is 2.68 bits per heavy atom. The number of carboxylic acid groups (broad SMARTS) is 1. The quantitative estimate of drug-likeness (QED) is 0.876. The second kappa shape index (κ2) is 7.96. The van der Waals surface area contributed by atoms with Gasteiger partial charge in [-0.3, -0.25) is 14.3 Å². The second-order valence-corrected chi connectivity index (χ2v) is 6.48. The Morgan fingerprint density at radius 1 is 1.20 bits per heavy atom. The van der Waals surface area contributed by atoms with Crippen LogP contribution < -0.4 is 0 Å². The van der Waals surface area contributed by atoms with Crippen molar-refractivity contribution in [3.05, 3.63) is 53.9 Å². The predicted octanol–water partition coefficient (Wildman–Crippen LogP) is 2.79. The van der Waals surface area contributed by atoms with Crippen LogP contribution in [0, 0.1) is 0 Å². The lowest BCUT2D eigenvalue weighted by Gasteiger charge is -2.35. The minimum atomic E-state index is -0.805. The first-order chi connectivity index (χ1) is 12.1. The highest BCUT2D eigenvalue weighted by atomic mass is 16.4. The largest absolute Gasteiger partial charge is 0.481 e. The van der Waals surface area contributed by atoms with Crippen LogP contribution in [0.4, 0.5) is 0 Å². The molecule has 1 N–H and O–H groups in total. The van der Waals surface area contributed by atoms with E-state index in [9.17, 15) is 9.59 Å². The number of benzene rings is 1. The van der Waals surface area contributed by atoms with Crippen LogP contribution in [0.25, 0.3) is 0 Å². The number of piperidine rings is 1. The van der Waals surface area contributed by atoms with Crippen LogP contribution >= 0.6 is 0 Å². The Kier molecular flexibility index (Phi) is 5.48. The van der Waals surface area contributed by atoms with Gasteiger partial charge < -0.3 is 10.0 Å². The molecule has 1 fully saturated rings. The molecular weight excluding hydrogens is 318 g/mol. The summed E-state index contributed by atoms with van der Waals surface area (Å²) in [5, 5.41) is 13.1. The maximum absolute atomic E-state index is 12.8. The number of carbonyl (C=O) groups excluding carboxylic acids is 1. The first kappa shape index (κ1) is 17.2. The van der Waals surface area contributed by atoms with Crippen molar-refractivity contribution < 1.29 is 14.7 Å². The molecule has 0 saturated carbocycles. The number of likely N-dealkylation sites (tertiary alicyclic amines) is 1. The molecule has 1 atom stereocenters. The van der Waals surface area contributed by atoms with E-state index in [-0.39, 0.29) is 18.4 Å². The molecule has 6 heteroatoms. The molecule has 132 valence electrons. The molecule has 1 aromatic heterocycles. The molecule has 0 bridgehead atoms. The topological polar surface area (TPSA) is 75.4 Å². The lowest BCUT2D eigenvalue weighted by atomic mass is 9.96. The lowest BCUT2D eigenvalue weighted by molar-refractivity contribution is -0.137. The van der Waals surface area contributed by atoms with E-state index in [0.717, 1.165) is 24.8 Å². The molecule has 1 aliphatic rings. The zero-order valence-corrected chi connectivity index (χ0v) is 14.2. The van der Waals surface area contributed by atoms with Gasteiger partial charge in [-0.15, -0.1) is 0 Å². The van der Waals surface area contributed by atoms with Gasteiger partial charge >= 0.3 is 5.97 Å². The average Bonchev–Trinajstić information content (AvgIpc) is 3.13. The summed E-state index contributed by atoms with van der Waals surface area (Å²) in [4.78, 5) is 25.5. The van der Waals surface area contributed by atoms with Gasteiger partial charge in [0.1, 0.15) is 0 Å². The molecule has 3 rings (SSSR count). The van der Waals surface area contributed by atoms with Crippen molar-refractivity contribution in [2.45, 2.75) is 44.7 Å². The molecule has 0 radical (unpaired) electrons. The molecule has 1 saturated heterocycles. The predicted molar refractivity (Wildman–Crippen MR) is 93.3 cm³/mol. The fraction of sp³-hybridized carbons (Fsp3) is 0.421. The summed E-state index contributed by atoms with van der Waals surface area (Å²) in [5.74, 6) is -0.804. The number of aromatic nitrogens is 2. The van der Waals surface area contributed by atoms with Crippen molar-refractivity contribution in [3.63, 3.8) is 0 Å². The summed E-state index contributed by atoms with van der Waals surface area (Å²) in [6.07, 6.45) is 7.20. The summed E-state index contributed by atoms with van der Waals surface area (Å²) in [6, 6.07) is 9.51. The van der Waals surface area contributed by atoms with Gasteiger partial charge in [0, 0.05) is 37.0 Å². The summed E-state index contributed by atoms with van der Waals surface area (Å²) in [5.41, 5.74) is 1.74. The normalized spacial score (nSPS) is 17.4. The minimum absolute atomic E-state index is 0.000674. The molecule has 0 spiro atoms. The van der Waals surface area contributed by atoms with Crippen LogP contribution in [0.15, 0.2) is 42.7 Å². The maximum atomic E-state index is 12.8. The number of hydrogen-bond donors (Lipinski definition) is 1. The highest BCUT2D eigenvalue weighted by molar-refractivity contribution is 5.94. The van der Waals surface area contributed by atoms with E-state index in [0.29, 0.717) is 25.1 Å². The second-order valence-electron chi connectivity index (χ2n) is 6.48. The van der Waals surface area contributed by atoms with Gasteiger partial charge in [-0.1, -0.05) is 12.1 Å². The van der Waals surface area contributed by atoms with Crippen molar-refractivity contribution in [1.82, 2.24) is 14.7 Å². The highest BCUT2D eigenvalue weighted by Gasteiger charge is 2.27. The Morgan fingerprint density at radius 2 is 2.00 bits per heavy atom. The van der Waals surface area contributed by atoms with Crippen molar-refractivity contribution in [1.29, 1.82) is 0 Å². The fourth-order valence-corrected chi connectivity index (χ4v) is 3.36. The third kappa shape index (κ3) is 4.47. The molecular formula is C19H23N3O3. The van der Waals surface area contributed by atoms with Gasteiger partial charge in [0.05, 0.1) is 6.54 Å². The number of aliphatic carboxylic acids is 1. The van der Waals surface area contributed by atoms with Crippen LogP contribution in [0.2, 0.25) is 0 Å². The number of rotatable bonds is 6. The molecule has 2 aromatic rings. The van der Waals surface area contributed by atoms with Crippen LogP contribution in [0.5, 0.6) is 0 Å². The average molecular weight is 341 g/mol. The van der Waals surface area contributed by atoms with Gasteiger partial charge in [-0.05, 0) is 49.4 Å². The van der Waals surface area contributed by atoms with Gasteiger partial charge in [-0.25, -0.2) is 0 Å². The van der Waals surface area contributed by atoms with Crippen molar-refractivity contribution in [3.8, 4) is 0 Å². The molecule has 6 nitrogen and oxygen atoms in total. The van der Waals surface area contributed by atoms with Crippen molar-refractivity contribution >= 4 is 11.9 Å². The Bertz CT molecular complexity index is 710. The van der Waals surface area contributed by atoms with E-state index in [1.165, 1.54) is 0 Å². The summed E-state index contributed by atoms with van der Waals surface area (Å²) >= 11 is 0. The number of carbonyl (C=O) groups is 2. The van der Waals surface area contributed by atoms with Crippen LogP contribution in [-0.4, -0.2) is 44.3 Å². The lowest BCUT2D eigenvalue weighted by Crippen LogP contribution is -2.44. The molecule has 2 heterocycles. The Labute approximate surface area is 147 Å². The number of hydrogen-bond acceptors (Lipinski definition) is 3. The highest BCUT2D eigenvalue weighted by Crippen LogP contribution is 2.23. The summed E-state index contributed by atoms with van der Waals surface area (Å²) in [6.45, 7) is 1.38. The van der Waals surface area contributed by atoms with E-state index in [4.69, 9.17) is 5.11 Å². The van der Waals surface area contributed by atoms with Crippen molar-refractivity contribution in [2.75, 3.05) is 6.54 Å². The minimum Gasteiger partial charge on any atom is -0.481 e. The van der Waals surface area contributed by atoms with E-state index in [1.54, 1.807) is 6.20 Å². The van der Waals surface area contributed by atoms with E-state index >= 15 is 0 Å². The first-order valence-corrected chi connectivity index (χ1v) is 8.72. The summed E-state index contributed by atoms with van der Waals surface area (Å²) in [7, 11) is 0. The van der Waals surface area contributed by atoms with Crippen LogP contribution in [0.3, 0.4) is 0 Å². The van der Waals surface area contributed by atoms with E-state index in [2.05, 4.69) is 5.10 Å². The van der Waals surface area contributed by atoms with E-state index < -0.39 is 5.97 Å². The zero-order chi connectivity index (χ0) is 17.6. The third-order valence-electron chi connectivity index (χ3n) is 4.68. The van der Waals surface area contributed by atoms with E-state index in [1.807, 2.05) is 46.1 Å². The number of amides is 1. The molecule has 1 aliphatic heterocycles. The monoisotopic (exact) mass is 341 g/mol. The Hall–Kier alpha value is -2.63. The third-order valence-corrected chi connectivity index (χ3v) is 4.68. The molecule has 0 aliphatic carbocycles. The summed E-state index contributed by atoms with van der Waals surface area (Å²) < 4.78 is 1.84. The van der Waals surface area contributed by atoms with Gasteiger partial charge in [-0.2, -0.15) is 5.10 Å². The Balaban J connectivity index is 1.66.